The van der Waals surface area contributed by atoms with Crippen molar-refractivity contribution < 1.29 is 9.18 Å². The zero-order valence-electron chi connectivity index (χ0n) is 15.5. The van der Waals surface area contributed by atoms with Crippen LogP contribution in [0.1, 0.15) is 24.4 Å². The van der Waals surface area contributed by atoms with E-state index in [2.05, 4.69) is 19.7 Å². The summed E-state index contributed by atoms with van der Waals surface area (Å²) in [4.78, 5) is 18.1. The van der Waals surface area contributed by atoms with Crippen LogP contribution in [0.2, 0.25) is 0 Å². The Morgan fingerprint density at radius 3 is 2.68 bits per heavy atom. The van der Waals surface area contributed by atoms with E-state index in [9.17, 15) is 9.18 Å². The summed E-state index contributed by atoms with van der Waals surface area (Å²) in [6.45, 7) is 0.240. The molecule has 1 saturated carbocycles. The van der Waals surface area contributed by atoms with Crippen LogP contribution in [0.25, 0.3) is 11.4 Å². The molecule has 8 heteroatoms. The van der Waals surface area contributed by atoms with Crippen LogP contribution in [-0.2, 0) is 11.3 Å². The summed E-state index contributed by atoms with van der Waals surface area (Å²) in [6, 6.07) is 10.7. The van der Waals surface area contributed by atoms with Crippen LogP contribution < -0.4 is 0 Å². The third kappa shape index (κ3) is 4.06. The first kappa shape index (κ1) is 18.6. The number of amides is 1. The highest BCUT2D eigenvalue weighted by molar-refractivity contribution is 7.99. The molecule has 144 valence electrons. The Balaban J connectivity index is 1.44. The smallest absolute Gasteiger partial charge is 0.233 e. The Kier molecular flexibility index (Phi) is 5.38. The number of aromatic nitrogens is 4. The first-order valence-electron chi connectivity index (χ1n) is 9.09. The molecule has 28 heavy (non-hydrogen) atoms. The number of thioether (sulfide) groups is 1. The maximum atomic E-state index is 13.8. The highest BCUT2D eigenvalue weighted by atomic mass is 32.2. The van der Waals surface area contributed by atoms with E-state index in [1.165, 1.54) is 22.7 Å². The summed E-state index contributed by atoms with van der Waals surface area (Å²) in [6.07, 6.45) is 5.64. The Morgan fingerprint density at radius 2 is 1.96 bits per heavy atom. The minimum Gasteiger partial charge on any atom is -0.341 e. The number of hydrogen-bond acceptors (Lipinski definition) is 5. The quantitative estimate of drug-likeness (QED) is 0.571. The fraction of sp³-hybridized carbons (Fsp3) is 0.300. The summed E-state index contributed by atoms with van der Waals surface area (Å²) < 4.78 is 15.9. The average Bonchev–Trinajstić information content (AvgIpc) is 3.47. The summed E-state index contributed by atoms with van der Waals surface area (Å²) in [5.74, 6) is 0.653. The fourth-order valence-electron chi connectivity index (χ4n) is 2.94. The Labute approximate surface area is 166 Å². The highest BCUT2D eigenvalue weighted by Crippen LogP contribution is 2.41. The van der Waals surface area contributed by atoms with Gasteiger partial charge < -0.3 is 4.90 Å². The molecule has 1 amide bonds. The maximum Gasteiger partial charge on any atom is 0.233 e. The number of halogens is 1. The van der Waals surface area contributed by atoms with Crippen molar-refractivity contribution in [3.8, 4) is 11.4 Å². The first-order chi connectivity index (χ1) is 13.6. The topological polar surface area (TPSA) is 63.9 Å². The first-order valence-corrected chi connectivity index (χ1v) is 10.1. The molecule has 6 nitrogen and oxygen atoms in total. The van der Waals surface area contributed by atoms with Gasteiger partial charge in [0.25, 0.3) is 0 Å². The van der Waals surface area contributed by atoms with E-state index >= 15 is 0 Å². The normalized spacial score (nSPS) is 13.5. The summed E-state index contributed by atoms with van der Waals surface area (Å²) >= 11 is 1.37. The van der Waals surface area contributed by atoms with Crippen molar-refractivity contribution in [2.45, 2.75) is 30.6 Å². The molecule has 3 aromatic rings. The third-order valence-electron chi connectivity index (χ3n) is 4.63. The van der Waals surface area contributed by atoms with Gasteiger partial charge in [0.15, 0.2) is 11.0 Å². The van der Waals surface area contributed by atoms with Gasteiger partial charge in [-0.3, -0.25) is 14.3 Å². The Morgan fingerprint density at radius 1 is 1.21 bits per heavy atom. The predicted molar refractivity (Wildman–Crippen MR) is 105 cm³/mol. The van der Waals surface area contributed by atoms with Gasteiger partial charge in [0.2, 0.25) is 5.91 Å². The molecular formula is C20H20FN5OS. The van der Waals surface area contributed by atoms with Gasteiger partial charge in [-0.25, -0.2) is 4.39 Å². The number of hydrogen-bond donors (Lipinski definition) is 0. The van der Waals surface area contributed by atoms with Crippen molar-refractivity contribution >= 4 is 17.7 Å². The lowest BCUT2D eigenvalue weighted by atomic mass is 10.2. The van der Waals surface area contributed by atoms with Gasteiger partial charge in [-0.2, -0.15) is 0 Å². The molecule has 0 saturated heterocycles. The van der Waals surface area contributed by atoms with Gasteiger partial charge in [-0.15, -0.1) is 10.2 Å². The molecule has 0 radical (unpaired) electrons. The summed E-state index contributed by atoms with van der Waals surface area (Å²) in [5, 5.41) is 9.39. The van der Waals surface area contributed by atoms with Crippen molar-refractivity contribution in [2.24, 2.45) is 0 Å². The lowest BCUT2D eigenvalue weighted by Gasteiger charge is -2.17. The molecule has 0 atom stereocenters. The van der Waals surface area contributed by atoms with Gasteiger partial charge in [0, 0.05) is 43.2 Å². The van der Waals surface area contributed by atoms with Crippen LogP contribution in [0.15, 0.2) is 53.9 Å². The molecule has 0 spiro atoms. The van der Waals surface area contributed by atoms with Gasteiger partial charge >= 0.3 is 0 Å². The van der Waals surface area contributed by atoms with Gasteiger partial charge in [0.1, 0.15) is 5.82 Å². The number of carbonyl (C=O) groups is 1. The van der Waals surface area contributed by atoms with E-state index < -0.39 is 0 Å². The second-order valence-electron chi connectivity index (χ2n) is 6.77. The number of carbonyl (C=O) groups excluding carboxylic acids is 1. The standard InChI is InChI=1S/C20H20FN5OS/c1-25(12-15-4-2-3-5-17(15)21)18(27)13-28-20-24-23-19(26(20)16-6-7-16)14-8-10-22-11-9-14/h2-5,8-11,16H,6-7,12-13H2,1H3. The number of nitrogens with zero attached hydrogens (tertiary/aromatic N) is 5. The Hall–Kier alpha value is -2.74. The molecule has 1 aromatic carbocycles. The number of benzene rings is 1. The van der Waals surface area contributed by atoms with Gasteiger partial charge in [-0.05, 0) is 31.0 Å². The lowest BCUT2D eigenvalue weighted by Crippen LogP contribution is -2.28. The lowest BCUT2D eigenvalue weighted by molar-refractivity contribution is -0.127. The average molecular weight is 397 g/mol. The highest BCUT2D eigenvalue weighted by Gasteiger charge is 2.30. The third-order valence-corrected chi connectivity index (χ3v) is 5.56. The van der Waals surface area contributed by atoms with Crippen molar-refractivity contribution in [2.75, 3.05) is 12.8 Å². The minimum absolute atomic E-state index is 0.0796. The fourth-order valence-corrected chi connectivity index (χ4v) is 3.89. The monoisotopic (exact) mass is 397 g/mol. The molecule has 0 N–H and O–H groups in total. The van der Waals surface area contributed by atoms with E-state index in [4.69, 9.17) is 0 Å². The van der Waals surface area contributed by atoms with Crippen LogP contribution in [0.5, 0.6) is 0 Å². The van der Waals surface area contributed by atoms with Crippen LogP contribution in [0.3, 0.4) is 0 Å². The van der Waals surface area contributed by atoms with Crippen molar-refractivity contribution in [1.29, 1.82) is 0 Å². The molecular weight excluding hydrogens is 377 g/mol. The van der Waals surface area contributed by atoms with E-state index in [0.29, 0.717) is 11.6 Å². The molecule has 0 aliphatic heterocycles. The summed E-state index contributed by atoms with van der Waals surface area (Å²) in [7, 11) is 1.68. The zero-order valence-corrected chi connectivity index (χ0v) is 16.3. The van der Waals surface area contributed by atoms with Crippen LogP contribution in [0.4, 0.5) is 4.39 Å². The number of rotatable bonds is 7. The molecule has 1 aliphatic carbocycles. The SMILES string of the molecule is CN(Cc1ccccc1F)C(=O)CSc1nnc(-c2ccncc2)n1C1CC1. The van der Waals surface area contributed by atoms with E-state index in [0.717, 1.165) is 29.4 Å². The minimum atomic E-state index is -0.301. The van der Waals surface area contributed by atoms with Gasteiger partial charge in [0.05, 0.1) is 5.75 Å². The molecule has 0 bridgehead atoms. The number of pyridine rings is 1. The maximum absolute atomic E-state index is 13.8. The zero-order chi connectivity index (χ0) is 19.5. The second kappa shape index (κ2) is 8.10. The Bertz CT molecular complexity index is 974. The van der Waals surface area contributed by atoms with E-state index in [1.54, 1.807) is 37.6 Å². The molecule has 1 aliphatic rings. The molecule has 1 fully saturated rings. The van der Waals surface area contributed by atoms with Crippen molar-refractivity contribution in [3.05, 3.63) is 60.2 Å². The van der Waals surface area contributed by atoms with E-state index in [-0.39, 0.29) is 24.0 Å². The van der Waals surface area contributed by atoms with Gasteiger partial charge in [-0.1, -0.05) is 30.0 Å². The molecule has 2 heterocycles. The summed E-state index contributed by atoms with van der Waals surface area (Å²) in [5.41, 5.74) is 1.47. The predicted octanol–water partition coefficient (Wildman–Crippen LogP) is 3.56. The van der Waals surface area contributed by atoms with Crippen molar-refractivity contribution in [3.63, 3.8) is 0 Å². The van der Waals surface area contributed by atoms with Crippen LogP contribution in [-0.4, -0.2) is 43.4 Å². The van der Waals surface area contributed by atoms with E-state index in [1.807, 2.05) is 12.1 Å². The largest absolute Gasteiger partial charge is 0.341 e. The van der Waals surface area contributed by atoms with Crippen LogP contribution >= 0.6 is 11.8 Å². The van der Waals surface area contributed by atoms with Crippen LogP contribution in [0, 0.1) is 5.82 Å². The molecule has 0 unspecified atom stereocenters. The molecule has 2 aromatic heterocycles. The molecule has 4 rings (SSSR count). The van der Waals surface area contributed by atoms with Crippen molar-refractivity contribution in [1.82, 2.24) is 24.6 Å². The second-order valence-corrected chi connectivity index (χ2v) is 7.72.